The highest BCUT2D eigenvalue weighted by Crippen LogP contribution is 2.33. The SMILES string of the molecule is Cc1[nH]c2ccccc2c1CC(=O)N1CCCC1c1ccc(F)cc1. The Bertz CT molecular complexity index is 913. The van der Waals surface area contributed by atoms with E-state index >= 15 is 0 Å². The summed E-state index contributed by atoms with van der Waals surface area (Å²) in [4.78, 5) is 18.3. The highest BCUT2D eigenvalue weighted by Gasteiger charge is 2.30. The number of amides is 1. The molecule has 1 amide bonds. The van der Waals surface area contributed by atoms with Crippen molar-refractivity contribution in [3.63, 3.8) is 0 Å². The Kier molecular flexibility index (Phi) is 4.04. The molecule has 3 aromatic rings. The summed E-state index contributed by atoms with van der Waals surface area (Å²) in [5.74, 6) is -0.103. The number of H-pyrrole nitrogens is 1. The summed E-state index contributed by atoms with van der Waals surface area (Å²) in [7, 11) is 0. The lowest BCUT2D eigenvalue weighted by Crippen LogP contribution is -2.32. The Labute approximate surface area is 146 Å². The van der Waals surface area contributed by atoms with Gasteiger partial charge in [0, 0.05) is 23.1 Å². The van der Waals surface area contributed by atoms with Crippen molar-refractivity contribution in [2.75, 3.05) is 6.54 Å². The number of aryl methyl sites for hydroxylation is 1. The number of aromatic nitrogens is 1. The number of hydrogen-bond acceptors (Lipinski definition) is 1. The molecule has 1 fully saturated rings. The van der Waals surface area contributed by atoms with Crippen LogP contribution in [0.3, 0.4) is 0 Å². The zero-order valence-electron chi connectivity index (χ0n) is 14.3. The van der Waals surface area contributed by atoms with Crippen molar-refractivity contribution in [3.8, 4) is 0 Å². The maximum atomic E-state index is 13.2. The Morgan fingerprint density at radius 3 is 2.76 bits per heavy atom. The molecule has 1 saturated heterocycles. The normalized spacial score (nSPS) is 17.4. The monoisotopic (exact) mass is 336 g/mol. The lowest BCUT2D eigenvalue weighted by molar-refractivity contribution is -0.131. The molecule has 128 valence electrons. The number of likely N-dealkylation sites (tertiary alicyclic amines) is 1. The van der Waals surface area contributed by atoms with Crippen LogP contribution in [0.15, 0.2) is 48.5 Å². The van der Waals surface area contributed by atoms with Crippen LogP contribution in [0.5, 0.6) is 0 Å². The van der Waals surface area contributed by atoms with Crippen LogP contribution in [0, 0.1) is 12.7 Å². The zero-order chi connectivity index (χ0) is 17.4. The minimum absolute atomic E-state index is 0.0543. The molecule has 4 rings (SSSR count). The van der Waals surface area contributed by atoms with Crippen LogP contribution < -0.4 is 0 Å². The van der Waals surface area contributed by atoms with E-state index in [2.05, 4.69) is 11.1 Å². The number of para-hydroxylation sites is 1. The van der Waals surface area contributed by atoms with E-state index in [1.165, 1.54) is 12.1 Å². The average molecular weight is 336 g/mol. The van der Waals surface area contributed by atoms with Crippen molar-refractivity contribution in [2.45, 2.75) is 32.2 Å². The molecule has 0 radical (unpaired) electrons. The maximum absolute atomic E-state index is 13.2. The van der Waals surface area contributed by atoms with Crippen LogP contribution in [0.25, 0.3) is 10.9 Å². The number of carbonyl (C=O) groups is 1. The summed E-state index contributed by atoms with van der Waals surface area (Å²) in [5.41, 5.74) is 4.21. The first-order valence-corrected chi connectivity index (χ1v) is 8.74. The quantitative estimate of drug-likeness (QED) is 0.750. The number of aromatic amines is 1. The van der Waals surface area contributed by atoms with Crippen LogP contribution in [0.1, 0.15) is 35.7 Å². The van der Waals surface area contributed by atoms with Gasteiger partial charge in [0.25, 0.3) is 0 Å². The van der Waals surface area contributed by atoms with Crippen LogP contribution in [0.2, 0.25) is 0 Å². The molecule has 25 heavy (non-hydrogen) atoms. The van der Waals surface area contributed by atoms with E-state index in [1.54, 1.807) is 12.1 Å². The summed E-state index contributed by atoms with van der Waals surface area (Å²) in [6, 6.07) is 14.7. The van der Waals surface area contributed by atoms with E-state index in [1.807, 2.05) is 30.0 Å². The van der Waals surface area contributed by atoms with Crippen molar-refractivity contribution >= 4 is 16.8 Å². The molecule has 1 unspecified atom stereocenters. The van der Waals surface area contributed by atoms with Crippen molar-refractivity contribution in [3.05, 3.63) is 71.2 Å². The lowest BCUT2D eigenvalue weighted by atomic mass is 10.0. The maximum Gasteiger partial charge on any atom is 0.227 e. The second-order valence-electron chi connectivity index (χ2n) is 6.75. The van der Waals surface area contributed by atoms with Crippen molar-refractivity contribution in [2.24, 2.45) is 0 Å². The zero-order valence-corrected chi connectivity index (χ0v) is 14.3. The largest absolute Gasteiger partial charge is 0.358 e. The summed E-state index contributed by atoms with van der Waals surface area (Å²) in [5, 5.41) is 1.12. The van der Waals surface area contributed by atoms with Gasteiger partial charge in [-0.1, -0.05) is 30.3 Å². The first-order chi connectivity index (χ1) is 12.1. The third kappa shape index (κ3) is 2.93. The Balaban J connectivity index is 1.59. The number of fused-ring (bicyclic) bond motifs is 1. The molecule has 1 aliphatic rings. The van der Waals surface area contributed by atoms with E-state index in [9.17, 15) is 9.18 Å². The molecule has 0 aliphatic carbocycles. The molecule has 4 heteroatoms. The van der Waals surface area contributed by atoms with Gasteiger partial charge in [-0.15, -0.1) is 0 Å². The number of carbonyl (C=O) groups excluding carboxylic acids is 1. The second kappa shape index (κ2) is 6.36. The number of hydrogen-bond donors (Lipinski definition) is 1. The third-order valence-electron chi connectivity index (χ3n) is 5.18. The van der Waals surface area contributed by atoms with E-state index < -0.39 is 0 Å². The number of halogens is 1. The molecular formula is C21H21FN2O. The fourth-order valence-electron chi connectivity index (χ4n) is 3.91. The summed E-state index contributed by atoms with van der Waals surface area (Å²) >= 11 is 0. The van der Waals surface area contributed by atoms with Crippen LogP contribution in [-0.2, 0) is 11.2 Å². The molecule has 0 saturated carbocycles. The topological polar surface area (TPSA) is 36.1 Å². The predicted molar refractivity (Wildman–Crippen MR) is 96.8 cm³/mol. The molecule has 1 aliphatic heterocycles. The number of nitrogens with zero attached hydrogens (tertiary/aromatic N) is 1. The molecule has 1 N–H and O–H groups in total. The highest BCUT2D eigenvalue weighted by molar-refractivity contribution is 5.90. The molecule has 1 atom stereocenters. The van der Waals surface area contributed by atoms with Crippen LogP contribution in [0.4, 0.5) is 4.39 Å². The van der Waals surface area contributed by atoms with Gasteiger partial charge in [0.05, 0.1) is 12.5 Å². The van der Waals surface area contributed by atoms with Gasteiger partial charge in [0.1, 0.15) is 5.82 Å². The molecule has 0 bridgehead atoms. The summed E-state index contributed by atoms with van der Waals surface area (Å²) in [6.45, 7) is 2.78. The molecule has 2 aromatic carbocycles. The van der Waals surface area contributed by atoms with Crippen molar-refractivity contribution in [1.29, 1.82) is 0 Å². The van der Waals surface area contributed by atoms with Gasteiger partial charge in [-0.05, 0) is 49.1 Å². The van der Waals surface area contributed by atoms with Crippen molar-refractivity contribution in [1.82, 2.24) is 9.88 Å². The Morgan fingerprint density at radius 2 is 1.96 bits per heavy atom. The Morgan fingerprint density at radius 1 is 1.20 bits per heavy atom. The summed E-state index contributed by atoms with van der Waals surface area (Å²) < 4.78 is 13.2. The minimum Gasteiger partial charge on any atom is -0.358 e. The van der Waals surface area contributed by atoms with Crippen molar-refractivity contribution < 1.29 is 9.18 Å². The molecular weight excluding hydrogens is 315 g/mol. The number of nitrogens with one attached hydrogen (secondary N) is 1. The number of rotatable bonds is 3. The smallest absolute Gasteiger partial charge is 0.227 e. The van der Waals surface area contributed by atoms with Gasteiger partial charge in [-0.25, -0.2) is 4.39 Å². The first-order valence-electron chi connectivity index (χ1n) is 8.74. The van der Waals surface area contributed by atoms with Gasteiger partial charge in [-0.2, -0.15) is 0 Å². The van der Waals surface area contributed by atoms with E-state index in [-0.39, 0.29) is 17.8 Å². The number of benzene rings is 2. The van der Waals surface area contributed by atoms with E-state index in [4.69, 9.17) is 0 Å². The minimum atomic E-state index is -0.242. The fourth-order valence-corrected chi connectivity index (χ4v) is 3.91. The van der Waals surface area contributed by atoms with Gasteiger partial charge in [-0.3, -0.25) is 4.79 Å². The van der Waals surface area contributed by atoms with E-state index in [0.717, 1.165) is 47.1 Å². The van der Waals surface area contributed by atoms with Gasteiger partial charge >= 0.3 is 0 Å². The summed E-state index contributed by atoms with van der Waals surface area (Å²) in [6.07, 6.45) is 2.32. The van der Waals surface area contributed by atoms with Gasteiger partial charge in [0.2, 0.25) is 5.91 Å². The molecule has 3 nitrogen and oxygen atoms in total. The third-order valence-corrected chi connectivity index (χ3v) is 5.18. The highest BCUT2D eigenvalue weighted by atomic mass is 19.1. The van der Waals surface area contributed by atoms with E-state index in [0.29, 0.717) is 6.42 Å². The second-order valence-corrected chi connectivity index (χ2v) is 6.75. The molecule has 0 spiro atoms. The Hall–Kier alpha value is -2.62. The van der Waals surface area contributed by atoms with Crippen LogP contribution in [-0.4, -0.2) is 22.3 Å². The molecule has 1 aromatic heterocycles. The van der Waals surface area contributed by atoms with Crippen LogP contribution >= 0.6 is 0 Å². The first kappa shape index (κ1) is 15.9. The standard InChI is InChI=1S/C21H21FN2O/c1-14-18(17-5-2-3-6-19(17)23-14)13-21(25)24-12-4-7-20(24)15-8-10-16(22)11-9-15/h2-3,5-6,8-11,20,23H,4,7,12-13H2,1H3. The lowest BCUT2D eigenvalue weighted by Gasteiger charge is -2.25. The predicted octanol–water partition coefficient (Wildman–Crippen LogP) is 4.52. The van der Waals surface area contributed by atoms with Gasteiger partial charge in [0.15, 0.2) is 0 Å². The molecule has 2 heterocycles. The average Bonchev–Trinajstić information content (AvgIpc) is 3.21. The van der Waals surface area contributed by atoms with Gasteiger partial charge < -0.3 is 9.88 Å². The fraction of sp³-hybridized carbons (Fsp3) is 0.286.